The van der Waals surface area contributed by atoms with Gasteiger partial charge in [0.15, 0.2) is 0 Å². The van der Waals surface area contributed by atoms with Crippen molar-refractivity contribution in [3.8, 4) is 0 Å². The molecule has 0 aliphatic rings. The molecule has 0 spiro atoms. The van der Waals surface area contributed by atoms with Crippen molar-refractivity contribution >= 4 is 23.2 Å². The number of rotatable bonds is 5. The van der Waals surface area contributed by atoms with Gasteiger partial charge in [-0.05, 0) is 57.4 Å². The summed E-state index contributed by atoms with van der Waals surface area (Å²) in [5, 5.41) is 3.00. The van der Waals surface area contributed by atoms with Gasteiger partial charge in [0.1, 0.15) is 0 Å². The van der Waals surface area contributed by atoms with E-state index in [9.17, 15) is 9.59 Å². The average Bonchev–Trinajstić information content (AvgIpc) is 2.52. The summed E-state index contributed by atoms with van der Waals surface area (Å²) >= 11 is 0. The molecule has 0 saturated carbocycles. The quantitative estimate of drug-likeness (QED) is 0.854. The summed E-state index contributed by atoms with van der Waals surface area (Å²) in [5.74, 6) is -0.150. The second-order valence-corrected chi connectivity index (χ2v) is 7.03. The molecule has 2 rings (SSSR count). The molecular formula is C22H28N2O2. The molecule has 2 amide bonds. The topological polar surface area (TPSA) is 49.4 Å². The highest BCUT2D eigenvalue weighted by Gasteiger charge is 2.16. The average molecular weight is 352 g/mol. The zero-order valence-corrected chi connectivity index (χ0v) is 16.6. The number of carbonyl (C=O) groups is 2. The molecule has 0 saturated heterocycles. The number of aryl methyl sites for hydroxylation is 5. The lowest BCUT2D eigenvalue weighted by atomic mass is 10.0. The van der Waals surface area contributed by atoms with Crippen LogP contribution in [0.2, 0.25) is 0 Å². The Balaban J connectivity index is 2.10. The molecule has 0 aromatic heterocycles. The van der Waals surface area contributed by atoms with E-state index in [0.29, 0.717) is 6.54 Å². The molecule has 4 heteroatoms. The van der Waals surface area contributed by atoms with E-state index < -0.39 is 0 Å². The summed E-state index contributed by atoms with van der Waals surface area (Å²) in [6.07, 6.45) is 0.250. The Morgan fingerprint density at radius 3 is 2.00 bits per heavy atom. The van der Waals surface area contributed by atoms with Gasteiger partial charge in [-0.25, -0.2) is 0 Å². The molecule has 0 bridgehead atoms. The van der Waals surface area contributed by atoms with E-state index in [-0.39, 0.29) is 18.2 Å². The van der Waals surface area contributed by atoms with Gasteiger partial charge >= 0.3 is 0 Å². The lowest BCUT2D eigenvalue weighted by Crippen LogP contribution is -2.32. The van der Waals surface area contributed by atoms with Crippen molar-refractivity contribution < 1.29 is 9.59 Å². The maximum atomic E-state index is 12.5. The number of nitrogens with one attached hydrogen (secondary N) is 1. The van der Waals surface area contributed by atoms with Crippen molar-refractivity contribution in [3.05, 3.63) is 58.1 Å². The number of carbonyl (C=O) groups excluding carboxylic acids is 2. The zero-order chi connectivity index (χ0) is 19.4. The van der Waals surface area contributed by atoms with Gasteiger partial charge in [-0.1, -0.05) is 35.4 Å². The fraction of sp³-hybridized carbons (Fsp3) is 0.364. The predicted octanol–water partition coefficient (Wildman–Crippen LogP) is 4.61. The van der Waals surface area contributed by atoms with Gasteiger partial charge in [-0.2, -0.15) is 0 Å². The number of hydrogen-bond acceptors (Lipinski definition) is 2. The largest absolute Gasteiger partial charge is 0.326 e. The Kier molecular flexibility index (Phi) is 6.19. The Morgan fingerprint density at radius 2 is 1.46 bits per heavy atom. The van der Waals surface area contributed by atoms with Crippen LogP contribution in [0.3, 0.4) is 0 Å². The molecule has 0 heterocycles. The van der Waals surface area contributed by atoms with Crippen molar-refractivity contribution in [2.45, 2.75) is 48.0 Å². The number of nitrogens with zero attached hydrogens (tertiary/aromatic N) is 1. The van der Waals surface area contributed by atoms with Crippen molar-refractivity contribution in [2.24, 2.45) is 0 Å². The Morgan fingerprint density at radius 1 is 0.885 bits per heavy atom. The summed E-state index contributed by atoms with van der Waals surface area (Å²) < 4.78 is 0. The van der Waals surface area contributed by atoms with E-state index >= 15 is 0 Å². The van der Waals surface area contributed by atoms with E-state index in [4.69, 9.17) is 0 Å². The van der Waals surface area contributed by atoms with Crippen LogP contribution in [0.1, 0.15) is 41.2 Å². The Hall–Kier alpha value is -2.62. The third-order valence-electron chi connectivity index (χ3n) is 4.53. The molecule has 0 unspecified atom stereocenters. The highest BCUT2D eigenvalue weighted by atomic mass is 16.2. The van der Waals surface area contributed by atoms with Crippen LogP contribution in [0.5, 0.6) is 0 Å². The van der Waals surface area contributed by atoms with E-state index in [1.807, 2.05) is 52.8 Å². The highest BCUT2D eigenvalue weighted by Crippen LogP contribution is 2.23. The first kappa shape index (κ1) is 19.7. The molecule has 26 heavy (non-hydrogen) atoms. The van der Waals surface area contributed by atoms with Gasteiger partial charge in [0.05, 0.1) is 0 Å². The van der Waals surface area contributed by atoms with E-state index in [2.05, 4.69) is 17.4 Å². The molecule has 4 nitrogen and oxygen atoms in total. The molecule has 2 aromatic carbocycles. The Labute approximate surface area is 156 Å². The van der Waals surface area contributed by atoms with Crippen LogP contribution in [0.4, 0.5) is 11.4 Å². The van der Waals surface area contributed by atoms with Crippen molar-refractivity contribution in [1.82, 2.24) is 0 Å². The van der Waals surface area contributed by atoms with Crippen LogP contribution in [0.25, 0.3) is 0 Å². The van der Waals surface area contributed by atoms with Crippen LogP contribution in [0, 0.1) is 34.6 Å². The molecule has 0 aliphatic heterocycles. The highest BCUT2D eigenvalue weighted by molar-refractivity contribution is 5.96. The van der Waals surface area contributed by atoms with Crippen LogP contribution in [-0.4, -0.2) is 18.4 Å². The first-order chi connectivity index (χ1) is 12.2. The standard InChI is InChI=1S/C22H28N2O2/c1-14-7-8-20(16(3)11-14)24(19(6)25)10-9-21(26)23-22-17(4)12-15(2)13-18(22)5/h7-8,11-13H,9-10H2,1-6H3,(H,23,26). The molecular weight excluding hydrogens is 324 g/mol. The fourth-order valence-electron chi connectivity index (χ4n) is 3.35. The van der Waals surface area contributed by atoms with Gasteiger partial charge in [-0.3, -0.25) is 9.59 Å². The summed E-state index contributed by atoms with van der Waals surface area (Å²) in [7, 11) is 0. The van der Waals surface area contributed by atoms with Crippen LogP contribution in [-0.2, 0) is 9.59 Å². The summed E-state index contributed by atoms with van der Waals surface area (Å²) in [4.78, 5) is 26.2. The van der Waals surface area contributed by atoms with Crippen molar-refractivity contribution in [2.75, 3.05) is 16.8 Å². The van der Waals surface area contributed by atoms with Crippen molar-refractivity contribution in [3.63, 3.8) is 0 Å². The maximum absolute atomic E-state index is 12.5. The van der Waals surface area contributed by atoms with E-state index in [0.717, 1.165) is 33.6 Å². The monoisotopic (exact) mass is 352 g/mol. The second kappa shape index (κ2) is 8.17. The predicted molar refractivity (Wildman–Crippen MR) is 108 cm³/mol. The molecule has 0 atom stereocenters. The number of amides is 2. The van der Waals surface area contributed by atoms with Gasteiger partial charge in [-0.15, -0.1) is 0 Å². The minimum Gasteiger partial charge on any atom is -0.326 e. The minimum atomic E-state index is -0.0870. The molecule has 0 radical (unpaired) electrons. The third-order valence-corrected chi connectivity index (χ3v) is 4.53. The van der Waals surface area contributed by atoms with Gasteiger partial charge in [0, 0.05) is 31.3 Å². The lowest BCUT2D eigenvalue weighted by Gasteiger charge is -2.23. The number of anilines is 2. The zero-order valence-electron chi connectivity index (χ0n) is 16.6. The fourth-order valence-corrected chi connectivity index (χ4v) is 3.35. The number of hydrogen-bond donors (Lipinski definition) is 1. The molecule has 0 aliphatic carbocycles. The molecule has 138 valence electrons. The molecule has 2 aromatic rings. The third kappa shape index (κ3) is 4.72. The van der Waals surface area contributed by atoms with E-state index in [1.165, 1.54) is 12.5 Å². The first-order valence-corrected chi connectivity index (χ1v) is 8.92. The maximum Gasteiger partial charge on any atom is 0.226 e. The van der Waals surface area contributed by atoms with Gasteiger partial charge in [0.2, 0.25) is 11.8 Å². The van der Waals surface area contributed by atoms with Gasteiger partial charge < -0.3 is 10.2 Å². The smallest absolute Gasteiger partial charge is 0.226 e. The van der Waals surface area contributed by atoms with Crippen LogP contribution in [0.15, 0.2) is 30.3 Å². The summed E-state index contributed by atoms with van der Waals surface area (Å²) in [6.45, 7) is 11.9. The Bertz CT molecular complexity index is 817. The SMILES string of the molecule is CC(=O)N(CCC(=O)Nc1c(C)cc(C)cc1C)c1ccc(C)cc1C. The lowest BCUT2D eigenvalue weighted by molar-refractivity contribution is -0.117. The van der Waals surface area contributed by atoms with Crippen LogP contribution < -0.4 is 10.2 Å². The normalized spacial score (nSPS) is 10.5. The van der Waals surface area contributed by atoms with E-state index in [1.54, 1.807) is 4.90 Å². The van der Waals surface area contributed by atoms with Crippen molar-refractivity contribution in [1.29, 1.82) is 0 Å². The first-order valence-electron chi connectivity index (χ1n) is 8.92. The summed E-state index contributed by atoms with van der Waals surface area (Å²) in [6, 6.07) is 10.1. The van der Waals surface area contributed by atoms with Crippen LogP contribution >= 0.6 is 0 Å². The number of benzene rings is 2. The van der Waals surface area contributed by atoms with Gasteiger partial charge in [0.25, 0.3) is 0 Å². The molecule has 0 fully saturated rings. The molecule has 1 N–H and O–H groups in total. The summed E-state index contributed by atoms with van der Waals surface area (Å²) in [5.41, 5.74) is 7.18. The second-order valence-electron chi connectivity index (χ2n) is 7.03. The minimum absolute atomic E-state index is 0.0625.